The second kappa shape index (κ2) is 7.43. The van der Waals surface area contributed by atoms with E-state index in [1.807, 2.05) is 19.9 Å². The minimum absolute atomic E-state index is 0.106. The van der Waals surface area contributed by atoms with Gasteiger partial charge in [0, 0.05) is 19.2 Å². The Balaban J connectivity index is 1.89. The zero-order valence-electron chi connectivity index (χ0n) is 12.4. The molecule has 112 valence electrons. The highest BCUT2D eigenvalue weighted by atomic mass is 16.5. The quantitative estimate of drug-likeness (QED) is 0.837. The Morgan fingerprint density at radius 1 is 1.30 bits per heavy atom. The molecule has 2 atom stereocenters. The molecule has 0 amide bonds. The van der Waals surface area contributed by atoms with Gasteiger partial charge in [0.1, 0.15) is 12.1 Å². The van der Waals surface area contributed by atoms with E-state index in [9.17, 15) is 5.11 Å². The summed E-state index contributed by atoms with van der Waals surface area (Å²) in [6.07, 6.45) is 6.43. The lowest BCUT2D eigenvalue weighted by Gasteiger charge is -2.30. The number of aliphatic hydroxyl groups is 1. The van der Waals surface area contributed by atoms with Gasteiger partial charge in [-0.1, -0.05) is 12.8 Å². The average Bonchev–Trinajstić information content (AvgIpc) is 2.45. The van der Waals surface area contributed by atoms with Gasteiger partial charge in [-0.2, -0.15) is 0 Å². The number of aliphatic hydroxyl groups excluding tert-OH is 1. The molecule has 0 aliphatic heterocycles. The lowest BCUT2D eigenvalue weighted by molar-refractivity contribution is 0.141. The highest BCUT2D eigenvalue weighted by Crippen LogP contribution is 2.29. The number of nitrogens with one attached hydrogen (secondary N) is 1. The van der Waals surface area contributed by atoms with Crippen LogP contribution in [0.1, 0.15) is 39.5 Å². The fourth-order valence-corrected chi connectivity index (χ4v) is 2.77. The smallest absolute Gasteiger partial charge is 0.218 e. The number of hydrogen-bond donors (Lipinski definition) is 2. The van der Waals surface area contributed by atoms with Crippen LogP contribution in [0.3, 0.4) is 0 Å². The maximum atomic E-state index is 9.43. The molecule has 2 unspecified atom stereocenters. The molecule has 1 saturated carbocycles. The van der Waals surface area contributed by atoms with Crippen LogP contribution in [0.2, 0.25) is 0 Å². The molecule has 5 nitrogen and oxygen atoms in total. The fourth-order valence-electron chi connectivity index (χ4n) is 2.77. The molecule has 1 aromatic heterocycles. The summed E-state index contributed by atoms with van der Waals surface area (Å²) in [5.41, 5.74) is 0. The van der Waals surface area contributed by atoms with Crippen molar-refractivity contribution in [3.8, 4) is 5.88 Å². The Morgan fingerprint density at radius 3 is 2.75 bits per heavy atom. The molecule has 0 radical (unpaired) electrons. The van der Waals surface area contributed by atoms with Gasteiger partial charge in [-0.3, -0.25) is 0 Å². The van der Waals surface area contributed by atoms with Crippen molar-refractivity contribution < 1.29 is 9.84 Å². The number of rotatable bonds is 6. The summed E-state index contributed by atoms with van der Waals surface area (Å²) in [4.78, 5) is 8.31. The molecule has 5 heteroatoms. The first-order chi connectivity index (χ1) is 9.69. The van der Waals surface area contributed by atoms with E-state index in [-0.39, 0.29) is 12.7 Å². The number of nitrogens with zero attached hydrogens (tertiary/aromatic N) is 2. The van der Waals surface area contributed by atoms with Crippen LogP contribution in [0.5, 0.6) is 5.88 Å². The van der Waals surface area contributed by atoms with Crippen LogP contribution in [0.25, 0.3) is 0 Å². The van der Waals surface area contributed by atoms with Crippen molar-refractivity contribution >= 4 is 5.82 Å². The largest absolute Gasteiger partial charge is 0.475 e. The molecule has 2 N–H and O–H groups in total. The molecular formula is C15H25N3O2. The minimum Gasteiger partial charge on any atom is -0.475 e. The molecule has 1 fully saturated rings. The highest BCUT2D eigenvalue weighted by molar-refractivity contribution is 5.37. The number of hydrogen-bond acceptors (Lipinski definition) is 5. The molecule has 20 heavy (non-hydrogen) atoms. The van der Waals surface area contributed by atoms with Crippen LogP contribution < -0.4 is 10.1 Å². The summed E-state index contributed by atoms with van der Waals surface area (Å²) >= 11 is 0. The monoisotopic (exact) mass is 279 g/mol. The van der Waals surface area contributed by atoms with E-state index >= 15 is 0 Å². The van der Waals surface area contributed by atoms with Crippen molar-refractivity contribution in [2.75, 3.05) is 18.5 Å². The zero-order valence-corrected chi connectivity index (χ0v) is 12.4. The van der Waals surface area contributed by atoms with Crippen molar-refractivity contribution in [2.24, 2.45) is 11.8 Å². The Bertz CT molecular complexity index is 412. The predicted octanol–water partition coefficient (Wildman–Crippen LogP) is 2.47. The maximum Gasteiger partial charge on any atom is 0.218 e. The number of ether oxygens (including phenoxy) is 1. The van der Waals surface area contributed by atoms with Crippen LogP contribution in [0.4, 0.5) is 5.82 Å². The SMILES string of the molecule is CC(C)Oc1cc(NCC2CCCCC2CO)ncn1. The summed E-state index contributed by atoms with van der Waals surface area (Å²) in [6.45, 7) is 5.09. The van der Waals surface area contributed by atoms with E-state index in [0.717, 1.165) is 18.8 Å². The van der Waals surface area contributed by atoms with E-state index in [1.54, 1.807) is 0 Å². The van der Waals surface area contributed by atoms with Gasteiger partial charge in [-0.25, -0.2) is 9.97 Å². The lowest BCUT2D eigenvalue weighted by Crippen LogP contribution is -2.28. The van der Waals surface area contributed by atoms with Gasteiger partial charge in [0.05, 0.1) is 6.10 Å². The molecular weight excluding hydrogens is 254 g/mol. The second-order valence-corrected chi connectivity index (χ2v) is 5.78. The number of anilines is 1. The summed E-state index contributed by atoms with van der Waals surface area (Å²) in [7, 11) is 0. The third kappa shape index (κ3) is 4.34. The van der Waals surface area contributed by atoms with Gasteiger partial charge in [0.25, 0.3) is 0 Å². The van der Waals surface area contributed by atoms with Crippen LogP contribution in [-0.2, 0) is 0 Å². The maximum absolute atomic E-state index is 9.43. The van der Waals surface area contributed by atoms with Crippen LogP contribution in [0, 0.1) is 11.8 Å². The summed E-state index contributed by atoms with van der Waals surface area (Å²) in [5, 5.41) is 12.8. The van der Waals surface area contributed by atoms with Crippen LogP contribution in [-0.4, -0.2) is 34.3 Å². The summed E-state index contributed by atoms with van der Waals surface area (Å²) in [5.74, 6) is 2.33. The third-order valence-corrected chi connectivity index (χ3v) is 3.84. The first-order valence-electron chi connectivity index (χ1n) is 7.52. The van der Waals surface area contributed by atoms with Crippen molar-refractivity contribution in [3.05, 3.63) is 12.4 Å². The van der Waals surface area contributed by atoms with E-state index in [1.165, 1.54) is 25.6 Å². The van der Waals surface area contributed by atoms with Crippen molar-refractivity contribution in [3.63, 3.8) is 0 Å². The molecule has 0 saturated heterocycles. The molecule has 0 bridgehead atoms. The topological polar surface area (TPSA) is 67.3 Å². The molecule has 1 aliphatic carbocycles. The van der Waals surface area contributed by atoms with E-state index < -0.39 is 0 Å². The Kier molecular flexibility index (Phi) is 5.59. The standard InChI is InChI=1S/C15H25N3O2/c1-11(2)20-15-7-14(17-10-18-15)16-8-12-5-3-4-6-13(12)9-19/h7,10-13,19H,3-6,8-9H2,1-2H3,(H,16,17,18). The van der Waals surface area contributed by atoms with Crippen molar-refractivity contribution in [2.45, 2.75) is 45.6 Å². The van der Waals surface area contributed by atoms with E-state index in [0.29, 0.717) is 17.7 Å². The van der Waals surface area contributed by atoms with Gasteiger partial charge in [0.15, 0.2) is 0 Å². The minimum atomic E-state index is 0.106. The van der Waals surface area contributed by atoms with Crippen molar-refractivity contribution in [1.82, 2.24) is 9.97 Å². The predicted molar refractivity (Wildman–Crippen MR) is 78.8 cm³/mol. The van der Waals surface area contributed by atoms with E-state index in [2.05, 4.69) is 15.3 Å². The fraction of sp³-hybridized carbons (Fsp3) is 0.733. The zero-order chi connectivity index (χ0) is 14.4. The third-order valence-electron chi connectivity index (χ3n) is 3.84. The lowest BCUT2D eigenvalue weighted by atomic mass is 9.79. The van der Waals surface area contributed by atoms with Gasteiger partial charge in [-0.15, -0.1) is 0 Å². The first-order valence-corrected chi connectivity index (χ1v) is 7.52. The molecule has 1 heterocycles. The summed E-state index contributed by atoms with van der Waals surface area (Å²) < 4.78 is 5.56. The summed E-state index contributed by atoms with van der Waals surface area (Å²) in [6, 6.07) is 1.83. The van der Waals surface area contributed by atoms with Gasteiger partial charge in [-0.05, 0) is 38.5 Å². The molecule has 0 spiro atoms. The normalized spacial score (nSPS) is 22.8. The van der Waals surface area contributed by atoms with Gasteiger partial charge in [0.2, 0.25) is 5.88 Å². The van der Waals surface area contributed by atoms with Crippen LogP contribution in [0.15, 0.2) is 12.4 Å². The van der Waals surface area contributed by atoms with Gasteiger partial charge >= 0.3 is 0 Å². The second-order valence-electron chi connectivity index (χ2n) is 5.78. The molecule has 1 aliphatic rings. The molecule has 1 aromatic rings. The number of aromatic nitrogens is 2. The Morgan fingerprint density at radius 2 is 2.05 bits per heavy atom. The van der Waals surface area contributed by atoms with Gasteiger partial charge < -0.3 is 15.2 Å². The Labute approximate surface area is 120 Å². The molecule has 0 aromatic carbocycles. The molecule has 2 rings (SSSR count). The Hall–Kier alpha value is -1.36. The van der Waals surface area contributed by atoms with Crippen LogP contribution >= 0.6 is 0 Å². The first kappa shape index (κ1) is 15.0. The van der Waals surface area contributed by atoms with Crippen molar-refractivity contribution in [1.29, 1.82) is 0 Å². The van der Waals surface area contributed by atoms with E-state index in [4.69, 9.17) is 4.74 Å². The highest BCUT2D eigenvalue weighted by Gasteiger charge is 2.24. The average molecular weight is 279 g/mol.